The van der Waals surface area contributed by atoms with E-state index >= 15 is 0 Å². The smallest absolute Gasteiger partial charge is 0.413 e. The molecule has 2 rings (SSSR count). The van der Waals surface area contributed by atoms with E-state index in [-0.39, 0.29) is 23.7 Å². The number of nitrogens with one attached hydrogen (secondary N) is 2. The van der Waals surface area contributed by atoms with Gasteiger partial charge in [0.2, 0.25) is 5.91 Å². The molecule has 1 aliphatic heterocycles. The van der Waals surface area contributed by atoms with Crippen LogP contribution in [0, 0.1) is 0 Å². The number of alkyl carbamates (subject to hydrolysis) is 1. The number of carbonyl (C=O) groups excluding carboxylic acids is 2. The topological polar surface area (TPSA) is 79.9 Å². The predicted molar refractivity (Wildman–Crippen MR) is 95.3 cm³/mol. The molecule has 2 N–H and O–H groups in total. The lowest BCUT2D eigenvalue weighted by Crippen LogP contribution is -2.35. The molecule has 0 fully saturated rings. The first-order chi connectivity index (χ1) is 11.4. The van der Waals surface area contributed by atoms with Gasteiger partial charge in [-0.25, -0.2) is 4.79 Å². The van der Waals surface area contributed by atoms with Crippen molar-refractivity contribution in [2.45, 2.75) is 26.3 Å². The minimum Gasteiger partial charge on any atom is -0.447 e. The van der Waals surface area contributed by atoms with E-state index in [1.807, 2.05) is 25.1 Å². The van der Waals surface area contributed by atoms with Gasteiger partial charge in [0.1, 0.15) is 6.61 Å². The highest BCUT2D eigenvalue weighted by Gasteiger charge is 2.28. The van der Waals surface area contributed by atoms with E-state index in [0.717, 1.165) is 17.7 Å². The third kappa shape index (κ3) is 4.42. The number of thiocarbonyl (C=S) groups is 1. The van der Waals surface area contributed by atoms with Gasteiger partial charge in [0, 0.05) is 31.5 Å². The van der Waals surface area contributed by atoms with Crippen LogP contribution < -0.4 is 15.5 Å². The number of anilines is 2. The standard InChI is InChI=1S/C16H21N3O4S/c1-10-8-12-4-5-13(9-14(12)19(10)11(2)20)17-15(24)18-16(21)23-7-6-22-3/h4-5,9-10H,6-8H2,1-3H3,(H2,17,18,21,24)/t10-/m0/s1. The number of ether oxygens (including phenoxy) is 2. The van der Waals surface area contributed by atoms with Crippen LogP contribution in [0.3, 0.4) is 0 Å². The lowest BCUT2D eigenvalue weighted by atomic mass is 10.1. The fourth-order valence-corrected chi connectivity index (χ4v) is 2.88. The van der Waals surface area contributed by atoms with Gasteiger partial charge in [-0.3, -0.25) is 10.1 Å². The zero-order valence-corrected chi connectivity index (χ0v) is 14.7. The highest BCUT2D eigenvalue weighted by Crippen LogP contribution is 2.34. The summed E-state index contributed by atoms with van der Waals surface area (Å²) < 4.78 is 9.66. The molecular weight excluding hydrogens is 330 g/mol. The first-order valence-electron chi connectivity index (χ1n) is 7.58. The Morgan fingerprint density at radius 2 is 2.12 bits per heavy atom. The molecule has 1 atom stereocenters. The second-order valence-electron chi connectivity index (χ2n) is 5.49. The summed E-state index contributed by atoms with van der Waals surface area (Å²) in [6.07, 6.45) is 0.175. The Hall–Kier alpha value is -2.19. The Morgan fingerprint density at radius 1 is 1.38 bits per heavy atom. The molecule has 0 unspecified atom stereocenters. The van der Waals surface area contributed by atoms with Crippen LogP contribution in [0.15, 0.2) is 18.2 Å². The molecule has 1 aromatic rings. The normalized spacial score (nSPS) is 15.6. The Bertz CT molecular complexity index is 650. The summed E-state index contributed by atoms with van der Waals surface area (Å²) in [6.45, 7) is 4.03. The summed E-state index contributed by atoms with van der Waals surface area (Å²) >= 11 is 5.09. The van der Waals surface area contributed by atoms with Crippen LogP contribution in [0.2, 0.25) is 0 Å². The van der Waals surface area contributed by atoms with Gasteiger partial charge in [0.15, 0.2) is 5.11 Å². The lowest BCUT2D eigenvalue weighted by molar-refractivity contribution is -0.116. The van der Waals surface area contributed by atoms with E-state index in [4.69, 9.17) is 21.7 Å². The number of rotatable bonds is 4. The van der Waals surface area contributed by atoms with E-state index in [0.29, 0.717) is 12.3 Å². The van der Waals surface area contributed by atoms with Crippen LogP contribution in [0.25, 0.3) is 0 Å². The molecule has 0 bridgehead atoms. The van der Waals surface area contributed by atoms with Crippen LogP contribution in [0.5, 0.6) is 0 Å². The molecule has 8 heteroatoms. The van der Waals surface area contributed by atoms with Crippen LogP contribution in [0.4, 0.5) is 16.2 Å². The Labute approximate surface area is 146 Å². The van der Waals surface area contributed by atoms with Gasteiger partial charge in [0.05, 0.1) is 6.61 Å². The second kappa shape index (κ2) is 8.07. The van der Waals surface area contributed by atoms with Gasteiger partial charge in [-0.05, 0) is 43.3 Å². The number of amides is 2. The fourth-order valence-electron chi connectivity index (χ4n) is 2.67. The van der Waals surface area contributed by atoms with Crippen LogP contribution >= 0.6 is 12.2 Å². The third-order valence-corrected chi connectivity index (χ3v) is 3.84. The van der Waals surface area contributed by atoms with Gasteiger partial charge >= 0.3 is 6.09 Å². The number of hydrogen-bond donors (Lipinski definition) is 2. The average Bonchev–Trinajstić information content (AvgIpc) is 2.82. The Balaban J connectivity index is 1.98. The quantitative estimate of drug-likeness (QED) is 0.638. The number of methoxy groups -OCH3 is 1. The van der Waals surface area contributed by atoms with E-state index in [1.54, 1.807) is 11.8 Å². The van der Waals surface area contributed by atoms with Gasteiger partial charge in [0.25, 0.3) is 0 Å². The van der Waals surface area contributed by atoms with Gasteiger partial charge in [-0.1, -0.05) is 6.07 Å². The Morgan fingerprint density at radius 3 is 2.79 bits per heavy atom. The van der Waals surface area contributed by atoms with Crippen molar-refractivity contribution in [1.29, 1.82) is 0 Å². The molecule has 0 radical (unpaired) electrons. The van der Waals surface area contributed by atoms with Crippen LogP contribution in [-0.4, -0.2) is 43.5 Å². The van der Waals surface area contributed by atoms with Crippen molar-refractivity contribution in [1.82, 2.24) is 5.32 Å². The minimum atomic E-state index is -0.648. The minimum absolute atomic E-state index is 0.000761. The lowest BCUT2D eigenvalue weighted by Gasteiger charge is -2.21. The molecular formula is C16H21N3O4S. The molecule has 0 saturated heterocycles. The van der Waals surface area contributed by atoms with Gasteiger partial charge in [-0.15, -0.1) is 0 Å². The van der Waals surface area contributed by atoms with Crippen molar-refractivity contribution >= 4 is 40.7 Å². The largest absolute Gasteiger partial charge is 0.447 e. The molecule has 0 saturated carbocycles. The number of fused-ring (bicyclic) bond motifs is 1. The summed E-state index contributed by atoms with van der Waals surface area (Å²) in [4.78, 5) is 25.1. The second-order valence-corrected chi connectivity index (χ2v) is 5.90. The van der Waals surface area contributed by atoms with Crippen molar-refractivity contribution < 1.29 is 19.1 Å². The van der Waals surface area contributed by atoms with E-state index in [1.165, 1.54) is 7.11 Å². The van der Waals surface area contributed by atoms with Crippen molar-refractivity contribution in [3.05, 3.63) is 23.8 Å². The number of carbonyl (C=O) groups is 2. The summed E-state index contributed by atoms with van der Waals surface area (Å²) in [5.74, 6) is 0.000761. The summed E-state index contributed by atoms with van der Waals surface area (Å²) in [5, 5.41) is 5.46. The van der Waals surface area contributed by atoms with E-state index in [9.17, 15) is 9.59 Å². The molecule has 1 aromatic carbocycles. The fraction of sp³-hybridized carbons (Fsp3) is 0.438. The van der Waals surface area contributed by atoms with Crippen LogP contribution in [0.1, 0.15) is 19.4 Å². The first-order valence-corrected chi connectivity index (χ1v) is 7.99. The molecule has 130 valence electrons. The molecule has 1 heterocycles. The number of hydrogen-bond acceptors (Lipinski definition) is 5. The first kappa shape index (κ1) is 18.2. The van der Waals surface area contributed by atoms with Gasteiger partial charge in [-0.2, -0.15) is 0 Å². The molecule has 0 aromatic heterocycles. The molecule has 24 heavy (non-hydrogen) atoms. The number of nitrogens with zero attached hydrogens (tertiary/aromatic N) is 1. The maximum absolute atomic E-state index is 11.8. The van der Waals surface area contributed by atoms with Crippen molar-refractivity contribution in [3.63, 3.8) is 0 Å². The molecule has 0 spiro atoms. The van der Waals surface area contributed by atoms with Crippen molar-refractivity contribution in [2.24, 2.45) is 0 Å². The molecule has 7 nitrogen and oxygen atoms in total. The zero-order chi connectivity index (χ0) is 17.7. The van der Waals surface area contributed by atoms with Gasteiger partial charge < -0.3 is 19.7 Å². The predicted octanol–water partition coefficient (Wildman–Crippen LogP) is 2.05. The maximum Gasteiger partial charge on any atom is 0.413 e. The summed E-state index contributed by atoms with van der Waals surface area (Å²) in [7, 11) is 1.52. The summed E-state index contributed by atoms with van der Waals surface area (Å²) in [6, 6.07) is 5.80. The third-order valence-electron chi connectivity index (χ3n) is 3.63. The van der Waals surface area contributed by atoms with Crippen molar-refractivity contribution in [3.8, 4) is 0 Å². The number of benzene rings is 1. The van der Waals surface area contributed by atoms with Crippen LogP contribution in [-0.2, 0) is 20.7 Å². The average molecular weight is 351 g/mol. The highest BCUT2D eigenvalue weighted by atomic mass is 32.1. The molecule has 0 aliphatic carbocycles. The van der Waals surface area contributed by atoms with E-state index < -0.39 is 6.09 Å². The summed E-state index contributed by atoms with van der Waals surface area (Å²) in [5.41, 5.74) is 2.67. The Kier molecular flexibility index (Phi) is 6.10. The molecule has 1 aliphatic rings. The monoisotopic (exact) mass is 351 g/mol. The van der Waals surface area contributed by atoms with E-state index in [2.05, 4.69) is 10.6 Å². The SMILES string of the molecule is COCCOC(=O)NC(=S)Nc1ccc2c(c1)N(C(C)=O)[C@@H](C)C2. The maximum atomic E-state index is 11.8. The molecule has 2 amide bonds. The zero-order valence-electron chi connectivity index (χ0n) is 13.9. The van der Waals surface area contributed by atoms with Crippen molar-refractivity contribution in [2.75, 3.05) is 30.5 Å². The highest BCUT2D eigenvalue weighted by molar-refractivity contribution is 7.80.